The Morgan fingerprint density at radius 2 is 2.00 bits per heavy atom. The van der Waals surface area contributed by atoms with E-state index >= 15 is 0 Å². The Kier molecular flexibility index (Phi) is 8.16. The molecular formula is C13H20Cl2NO2-. The number of hydrogen-bond acceptors (Lipinski definition) is 3. The third-order valence-electron chi connectivity index (χ3n) is 2.29. The van der Waals surface area contributed by atoms with Crippen LogP contribution in [0, 0.1) is 0 Å². The molecule has 0 saturated carbocycles. The topological polar surface area (TPSA) is 30.5 Å². The van der Waals surface area contributed by atoms with Gasteiger partial charge in [-0.05, 0) is 24.6 Å². The second-order valence-electron chi connectivity index (χ2n) is 4.08. The minimum absolute atomic E-state index is 0. The number of halogens is 2. The van der Waals surface area contributed by atoms with Crippen molar-refractivity contribution in [3.63, 3.8) is 0 Å². The van der Waals surface area contributed by atoms with E-state index in [1.165, 1.54) is 0 Å². The average molecular weight is 293 g/mol. The van der Waals surface area contributed by atoms with Crippen molar-refractivity contribution in [2.24, 2.45) is 0 Å². The van der Waals surface area contributed by atoms with Gasteiger partial charge in [0.1, 0.15) is 0 Å². The summed E-state index contributed by atoms with van der Waals surface area (Å²) in [6.07, 6.45) is 0. The molecule has 0 heterocycles. The van der Waals surface area contributed by atoms with Gasteiger partial charge in [0.15, 0.2) is 11.5 Å². The van der Waals surface area contributed by atoms with Gasteiger partial charge in [0, 0.05) is 12.6 Å². The van der Waals surface area contributed by atoms with Crippen molar-refractivity contribution in [3.8, 4) is 11.5 Å². The molecule has 0 aliphatic rings. The number of hydrogen-bond donors (Lipinski definition) is 1. The molecule has 0 aromatic heterocycles. The van der Waals surface area contributed by atoms with E-state index in [2.05, 4.69) is 19.2 Å². The van der Waals surface area contributed by atoms with E-state index in [9.17, 15) is 0 Å². The minimum atomic E-state index is 0. The van der Waals surface area contributed by atoms with Gasteiger partial charge in [-0.15, -0.1) is 0 Å². The fourth-order valence-corrected chi connectivity index (χ4v) is 1.82. The first-order chi connectivity index (χ1) is 8.08. The van der Waals surface area contributed by atoms with Crippen molar-refractivity contribution in [1.29, 1.82) is 0 Å². The van der Waals surface area contributed by atoms with Crippen LogP contribution >= 0.6 is 11.6 Å². The summed E-state index contributed by atoms with van der Waals surface area (Å²) in [4.78, 5) is 0. The van der Waals surface area contributed by atoms with Crippen LogP contribution in [-0.2, 0) is 6.54 Å². The van der Waals surface area contributed by atoms with Gasteiger partial charge in [-0.3, -0.25) is 0 Å². The lowest BCUT2D eigenvalue weighted by atomic mass is 10.2. The van der Waals surface area contributed by atoms with Crippen molar-refractivity contribution in [3.05, 3.63) is 22.7 Å². The van der Waals surface area contributed by atoms with E-state index in [0.717, 1.165) is 12.1 Å². The molecule has 0 saturated heterocycles. The monoisotopic (exact) mass is 292 g/mol. The first-order valence-electron chi connectivity index (χ1n) is 5.81. The lowest BCUT2D eigenvalue weighted by molar-refractivity contribution is -0.00000448. The van der Waals surface area contributed by atoms with Crippen LogP contribution in [0.15, 0.2) is 12.1 Å². The highest BCUT2D eigenvalue weighted by Crippen LogP contribution is 2.36. The Labute approximate surface area is 120 Å². The number of rotatable bonds is 6. The first-order valence-corrected chi connectivity index (χ1v) is 6.18. The van der Waals surface area contributed by atoms with Crippen LogP contribution < -0.4 is 27.2 Å². The van der Waals surface area contributed by atoms with Gasteiger partial charge < -0.3 is 27.2 Å². The molecule has 1 N–H and O–H groups in total. The molecule has 3 nitrogen and oxygen atoms in total. The molecule has 0 aliphatic carbocycles. The van der Waals surface area contributed by atoms with Crippen LogP contribution in [0.3, 0.4) is 0 Å². The number of benzene rings is 1. The average Bonchev–Trinajstić information content (AvgIpc) is 2.26. The highest BCUT2D eigenvalue weighted by atomic mass is 35.5. The Hall–Kier alpha value is -0.640. The molecule has 104 valence electrons. The maximum atomic E-state index is 6.15. The number of nitrogens with one attached hydrogen (secondary N) is 1. The van der Waals surface area contributed by atoms with Gasteiger partial charge in [0.2, 0.25) is 0 Å². The summed E-state index contributed by atoms with van der Waals surface area (Å²) >= 11 is 6.15. The van der Waals surface area contributed by atoms with Gasteiger partial charge in [-0.1, -0.05) is 25.4 Å². The molecule has 0 atom stereocenters. The van der Waals surface area contributed by atoms with Crippen molar-refractivity contribution in [2.45, 2.75) is 33.4 Å². The van der Waals surface area contributed by atoms with Crippen molar-refractivity contribution in [2.75, 3.05) is 13.7 Å². The van der Waals surface area contributed by atoms with E-state index < -0.39 is 0 Å². The summed E-state index contributed by atoms with van der Waals surface area (Å²) in [5, 5.41) is 3.92. The number of ether oxygens (including phenoxy) is 2. The normalized spacial score (nSPS) is 10.1. The maximum Gasteiger partial charge on any atom is 0.179 e. The summed E-state index contributed by atoms with van der Waals surface area (Å²) in [5.74, 6) is 1.30. The standard InChI is InChI=1S/C13H20ClNO2.ClH/c1-5-17-12-7-10(8-15-9(2)3)6-11(14)13(12)16-4;/h6-7,9,15H,5,8H2,1-4H3;1H/p-1. The third kappa shape index (κ3) is 4.92. The van der Waals surface area contributed by atoms with E-state index in [0.29, 0.717) is 29.2 Å². The molecule has 0 aliphatic heterocycles. The largest absolute Gasteiger partial charge is 1.00 e. The van der Waals surface area contributed by atoms with Gasteiger partial charge in [0.05, 0.1) is 18.7 Å². The summed E-state index contributed by atoms with van der Waals surface area (Å²) in [6.45, 7) is 7.50. The third-order valence-corrected chi connectivity index (χ3v) is 2.57. The van der Waals surface area contributed by atoms with Crippen LogP contribution in [0.4, 0.5) is 0 Å². The Balaban J connectivity index is 0.00000289. The van der Waals surface area contributed by atoms with Gasteiger partial charge in [-0.25, -0.2) is 0 Å². The highest BCUT2D eigenvalue weighted by molar-refractivity contribution is 6.32. The highest BCUT2D eigenvalue weighted by Gasteiger charge is 2.11. The van der Waals surface area contributed by atoms with Crippen molar-refractivity contribution < 1.29 is 21.9 Å². The summed E-state index contributed by atoms with van der Waals surface area (Å²) in [7, 11) is 1.59. The molecule has 1 aromatic carbocycles. The minimum Gasteiger partial charge on any atom is -1.00 e. The smallest absolute Gasteiger partial charge is 0.179 e. The molecule has 0 radical (unpaired) electrons. The fourth-order valence-electron chi connectivity index (χ4n) is 1.51. The predicted octanol–water partition coefficient (Wildman–Crippen LogP) is 0.249. The molecule has 1 rings (SSSR count). The van der Waals surface area contributed by atoms with E-state index in [4.69, 9.17) is 21.1 Å². The molecular weight excluding hydrogens is 273 g/mol. The molecule has 1 aromatic rings. The lowest BCUT2D eigenvalue weighted by Gasteiger charge is -2.14. The van der Waals surface area contributed by atoms with Crippen molar-refractivity contribution >= 4 is 11.6 Å². The lowest BCUT2D eigenvalue weighted by Crippen LogP contribution is -3.00. The first kappa shape index (κ1) is 17.4. The van der Waals surface area contributed by atoms with Crippen molar-refractivity contribution in [1.82, 2.24) is 5.32 Å². The zero-order valence-electron chi connectivity index (χ0n) is 11.2. The summed E-state index contributed by atoms with van der Waals surface area (Å²) < 4.78 is 10.8. The second kappa shape index (κ2) is 8.46. The molecule has 5 heteroatoms. The zero-order valence-corrected chi connectivity index (χ0v) is 12.7. The zero-order chi connectivity index (χ0) is 12.8. The van der Waals surface area contributed by atoms with E-state index in [-0.39, 0.29) is 12.4 Å². The quantitative estimate of drug-likeness (QED) is 0.815. The van der Waals surface area contributed by atoms with Crippen LogP contribution in [-0.4, -0.2) is 19.8 Å². The molecule has 0 spiro atoms. The summed E-state index contributed by atoms with van der Waals surface area (Å²) in [6, 6.07) is 4.30. The molecule has 0 bridgehead atoms. The molecule has 0 unspecified atom stereocenters. The van der Waals surface area contributed by atoms with E-state index in [1.54, 1.807) is 7.11 Å². The Morgan fingerprint density at radius 1 is 1.33 bits per heavy atom. The second-order valence-corrected chi connectivity index (χ2v) is 4.48. The fraction of sp³-hybridized carbons (Fsp3) is 0.538. The van der Waals surface area contributed by atoms with Crippen LogP contribution in [0.1, 0.15) is 26.3 Å². The Morgan fingerprint density at radius 3 is 2.50 bits per heavy atom. The van der Waals surface area contributed by atoms with Crippen LogP contribution in [0.25, 0.3) is 0 Å². The Bertz CT molecular complexity index is 370. The van der Waals surface area contributed by atoms with E-state index in [1.807, 2.05) is 19.1 Å². The number of methoxy groups -OCH3 is 1. The SMILES string of the molecule is CCOc1cc(CNC(C)C)cc(Cl)c1OC.[Cl-]. The summed E-state index contributed by atoms with van der Waals surface area (Å²) in [5.41, 5.74) is 1.09. The van der Waals surface area contributed by atoms with Gasteiger partial charge in [-0.2, -0.15) is 0 Å². The molecule has 0 amide bonds. The van der Waals surface area contributed by atoms with Gasteiger partial charge in [0.25, 0.3) is 0 Å². The van der Waals surface area contributed by atoms with Gasteiger partial charge >= 0.3 is 0 Å². The van der Waals surface area contributed by atoms with Crippen LogP contribution in [0.2, 0.25) is 5.02 Å². The molecule has 18 heavy (non-hydrogen) atoms. The van der Waals surface area contributed by atoms with Crippen LogP contribution in [0.5, 0.6) is 11.5 Å². The maximum absolute atomic E-state index is 6.15. The molecule has 0 fully saturated rings. The predicted molar refractivity (Wildman–Crippen MR) is 71.1 cm³/mol.